The van der Waals surface area contributed by atoms with E-state index in [1.165, 1.54) is 0 Å². The van der Waals surface area contributed by atoms with E-state index in [0.717, 1.165) is 44.9 Å². The summed E-state index contributed by atoms with van der Waals surface area (Å²) in [5.74, 6) is 2.86. The highest BCUT2D eigenvalue weighted by Crippen LogP contribution is 2.63. The highest BCUT2D eigenvalue weighted by Gasteiger charge is 2.51. The van der Waals surface area contributed by atoms with E-state index in [1.807, 2.05) is 36.4 Å². The fourth-order valence-corrected chi connectivity index (χ4v) is 5.20. The van der Waals surface area contributed by atoms with Crippen molar-refractivity contribution in [3.05, 3.63) is 95.1 Å². The first-order valence-corrected chi connectivity index (χ1v) is 10.3. The molecule has 0 aromatic heterocycles. The van der Waals surface area contributed by atoms with Gasteiger partial charge in [0.1, 0.15) is 34.5 Å². The summed E-state index contributed by atoms with van der Waals surface area (Å²) in [6.07, 6.45) is 0. The molecule has 0 radical (unpaired) electrons. The Morgan fingerprint density at radius 1 is 0.594 bits per heavy atom. The van der Waals surface area contributed by atoms with Gasteiger partial charge in [0.15, 0.2) is 0 Å². The first-order valence-electron chi connectivity index (χ1n) is 10.3. The van der Waals surface area contributed by atoms with Gasteiger partial charge in [0.05, 0.1) is 19.6 Å². The number of methoxy groups -OCH3 is 2. The zero-order chi connectivity index (χ0) is 22.0. The van der Waals surface area contributed by atoms with Crippen molar-refractivity contribution in [2.45, 2.75) is 5.41 Å². The minimum absolute atomic E-state index is 0.116. The molecule has 1 heterocycles. The minimum atomic E-state index is -0.687. The second-order valence-corrected chi connectivity index (χ2v) is 8.04. The molecule has 0 bridgehead atoms. The van der Waals surface area contributed by atoms with Crippen LogP contribution < -0.4 is 14.2 Å². The van der Waals surface area contributed by atoms with E-state index in [2.05, 4.69) is 12.1 Å². The number of phenolic OH excluding ortho intramolecular Hbond substituents is 2. The Morgan fingerprint density at radius 2 is 1.03 bits per heavy atom. The summed E-state index contributed by atoms with van der Waals surface area (Å²) >= 11 is 0. The van der Waals surface area contributed by atoms with Crippen LogP contribution in [0.3, 0.4) is 0 Å². The van der Waals surface area contributed by atoms with Gasteiger partial charge >= 0.3 is 0 Å². The molecule has 4 aromatic rings. The highest BCUT2D eigenvalue weighted by molar-refractivity contribution is 5.89. The third-order valence-electron chi connectivity index (χ3n) is 6.51. The monoisotopic (exact) mass is 424 g/mol. The van der Waals surface area contributed by atoms with Crippen molar-refractivity contribution < 1.29 is 24.4 Å². The lowest BCUT2D eigenvalue weighted by Gasteiger charge is -2.39. The van der Waals surface area contributed by atoms with Gasteiger partial charge in [-0.2, -0.15) is 0 Å². The van der Waals surface area contributed by atoms with Crippen molar-refractivity contribution in [2.75, 3.05) is 14.2 Å². The number of rotatable bonds is 2. The molecular weight excluding hydrogens is 404 g/mol. The van der Waals surface area contributed by atoms with E-state index < -0.39 is 5.41 Å². The van der Waals surface area contributed by atoms with Crippen LogP contribution in [0.5, 0.6) is 34.5 Å². The number of benzene rings is 4. The largest absolute Gasteiger partial charge is 0.508 e. The Labute approximate surface area is 185 Å². The zero-order valence-corrected chi connectivity index (χ0v) is 17.5. The quantitative estimate of drug-likeness (QED) is 0.380. The third kappa shape index (κ3) is 2.28. The Bertz CT molecular complexity index is 1300. The Morgan fingerprint density at radius 3 is 1.47 bits per heavy atom. The smallest absolute Gasteiger partial charge is 0.135 e. The Hall–Kier alpha value is -4.12. The minimum Gasteiger partial charge on any atom is -0.508 e. The van der Waals surface area contributed by atoms with Crippen molar-refractivity contribution in [3.63, 3.8) is 0 Å². The normalized spacial score (nSPS) is 14.1. The molecule has 1 aliphatic heterocycles. The van der Waals surface area contributed by atoms with E-state index in [0.29, 0.717) is 11.5 Å². The molecule has 2 aliphatic rings. The molecule has 4 aromatic carbocycles. The van der Waals surface area contributed by atoms with Gasteiger partial charge < -0.3 is 24.4 Å². The summed E-state index contributed by atoms with van der Waals surface area (Å²) in [7, 11) is 3.31. The van der Waals surface area contributed by atoms with Gasteiger partial charge in [-0.15, -0.1) is 0 Å². The standard InChI is InChI=1S/C27H20O5/c1-30-17-5-9-21-19(13-17)20-14-18(31-2)6-10-22(20)27(21)23-7-3-15(28)11-25(23)32-26-12-16(29)4-8-24(26)27/h3-14,28-29H,1-2H3. The van der Waals surface area contributed by atoms with Gasteiger partial charge in [-0.3, -0.25) is 0 Å². The topological polar surface area (TPSA) is 68.2 Å². The maximum Gasteiger partial charge on any atom is 0.135 e. The number of hydrogen-bond donors (Lipinski definition) is 2. The van der Waals surface area contributed by atoms with Crippen LogP contribution in [0.1, 0.15) is 22.3 Å². The molecule has 1 aliphatic carbocycles. The van der Waals surface area contributed by atoms with Gasteiger partial charge in [-0.1, -0.05) is 24.3 Å². The molecule has 6 rings (SSSR count). The lowest BCUT2D eigenvalue weighted by Crippen LogP contribution is -2.32. The van der Waals surface area contributed by atoms with E-state index in [9.17, 15) is 10.2 Å². The van der Waals surface area contributed by atoms with Crippen LogP contribution in [0.2, 0.25) is 0 Å². The summed E-state index contributed by atoms with van der Waals surface area (Å²) in [5.41, 5.74) is 5.38. The maximum atomic E-state index is 10.2. The van der Waals surface area contributed by atoms with Crippen LogP contribution in [0.15, 0.2) is 72.8 Å². The molecule has 2 N–H and O–H groups in total. The molecule has 0 saturated carbocycles. The third-order valence-corrected chi connectivity index (χ3v) is 6.51. The molecule has 32 heavy (non-hydrogen) atoms. The molecule has 0 amide bonds. The average molecular weight is 424 g/mol. The number of fused-ring (bicyclic) bond motifs is 9. The number of aromatic hydroxyl groups is 2. The van der Waals surface area contributed by atoms with Crippen LogP contribution in [0, 0.1) is 0 Å². The van der Waals surface area contributed by atoms with E-state index in [-0.39, 0.29) is 11.5 Å². The summed E-state index contributed by atoms with van der Waals surface area (Å²) in [4.78, 5) is 0. The van der Waals surface area contributed by atoms with Crippen molar-refractivity contribution >= 4 is 0 Å². The van der Waals surface area contributed by atoms with E-state index in [1.54, 1.807) is 38.5 Å². The molecular formula is C27H20O5. The second kappa shape index (κ2) is 6.44. The van der Waals surface area contributed by atoms with Crippen molar-refractivity contribution in [2.24, 2.45) is 0 Å². The Kier molecular flexibility index (Phi) is 3.75. The molecule has 5 nitrogen and oxygen atoms in total. The molecule has 0 fully saturated rings. The highest BCUT2D eigenvalue weighted by atomic mass is 16.5. The Balaban J connectivity index is 1.80. The summed E-state index contributed by atoms with van der Waals surface area (Å²) < 4.78 is 17.2. The lowest BCUT2D eigenvalue weighted by atomic mass is 9.66. The lowest BCUT2D eigenvalue weighted by molar-refractivity contribution is 0.413. The fourth-order valence-electron chi connectivity index (χ4n) is 5.20. The van der Waals surface area contributed by atoms with Crippen LogP contribution in [-0.2, 0) is 5.41 Å². The van der Waals surface area contributed by atoms with Gasteiger partial charge in [0.2, 0.25) is 0 Å². The fraction of sp³-hybridized carbons (Fsp3) is 0.111. The van der Waals surface area contributed by atoms with Gasteiger partial charge in [0, 0.05) is 23.3 Å². The predicted molar refractivity (Wildman–Crippen MR) is 120 cm³/mol. The van der Waals surface area contributed by atoms with Crippen LogP contribution in [0.25, 0.3) is 11.1 Å². The summed E-state index contributed by atoms with van der Waals surface area (Å²) in [6.45, 7) is 0. The number of phenols is 2. The molecule has 5 heteroatoms. The van der Waals surface area contributed by atoms with Crippen LogP contribution >= 0.6 is 0 Å². The summed E-state index contributed by atoms with van der Waals surface area (Å²) in [5, 5.41) is 20.4. The van der Waals surface area contributed by atoms with Crippen LogP contribution in [0.4, 0.5) is 0 Å². The van der Waals surface area contributed by atoms with E-state index >= 15 is 0 Å². The first kappa shape index (κ1) is 18.6. The van der Waals surface area contributed by atoms with Gasteiger partial charge in [0.25, 0.3) is 0 Å². The number of hydrogen-bond acceptors (Lipinski definition) is 5. The molecule has 0 unspecified atom stereocenters. The van der Waals surface area contributed by atoms with Crippen molar-refractivity contribution in [1.29, 1.82) is 0 Å². The van der Waals surface area contributed by atoms with Gasteiger partial charge in [-0.05, 0) is 58.7 Å². The van der Waals surface area contributed by atoms with Crippen molar-refractivity contribution in [3.8, 4) is 45.6 Å². The van der Waals surface area contributed by atoms with Crippen molar-refractivity contribution in [1.82, 2.24) is 0 Å². The number of ether oxygens (including phenoxy) is 3. The van der Waals surface area contributed by atoms with E-state index in [4.69, 9.17) is 14.2 Å². The predicted octanol–water partition coefficient (Wildman–Crippen LogP) is 5.58. The second-order valence-electron chi connectivity index (χ2n) is 8.04. The average Bonchev–Trinajstić information content (AvgIpc) is 3.08. The van der Waals surface area contributed by atoms with Gasteiger partial charge in [-0.25, -0.2) is 0 Å². The molecule has 158 valence electrons. The molecule has 1 spiro atoms. The molecule has 0 saturated heterocycles. The SMILES string of the molecule is COc1ccc2c(c1)-c1cc(OC)ccc1C21c2ccc(O)cc2Oc2cc(O)ccc21. The molecule has 0 atom stereocenters. The first-order chi connectivity index (χ1) is 15.6. The summed E-state index contributed by atoms with van der Waals surface area (Å²) in [6, 6.07) is 22.6. The maximum absolute atomic E-state index is 10.2. The van der Waals surface area contributed by atoms with Crippen LogP contribution in [-0.4, -0.2) is 24.4 Å². The zero-order valence-electron chi connectivity index (χ0n) is 17.5.